The fourth-order valence-electron chi connectivity index (χ4n) is 2.04. The number of hydrogen-bond donors (Lipinski definition) is 0. The van der Waals surface area contributed by atoms with Crippen LogP contribution in [0.15, 0.2) is 28.7 Å². The van der Waals surface area contributed by atoms with E-state index in [1.54, 1.807) is 0 Å². The first-order valence-corrected chi connectivity index (χ1v) is 5.80. The van der Waals surface area contributed by atoms with Crippen LogP contribution < -0.4 is 0 Å². The summed E-state index contributed by atoms with van der Waals surface area (Å²) in [7, 11) is 0. The second-order valence-corrected chi connectivity index (χ2v) is 4.80. The van der Waals surface area contributed by atoms with Crippen molar-refractivity contribution in [2.45, 2.75) is 25.7 Å². The van der Waals surface area contributed by atoms with Gasteiger partial charge >= 0.3 is 0 Å². The standard InChI is InChI=1S/C12H13BrO/c13-12-4-2-1-3-10(12)7-9-5-6-11(14)8-9/h1-4,9H,5-8H2. The monoisotopic (exact) mass is 252 g/mol. The smallest absolute Gasteiger partial charge is 0.133 e. The first kappa shape index (κ1) is 9.91. The molecule has 0 bridgehead atoms. The number of halogens is 1. The SMILES string of the molecule is O=C1CCC(Cc2ccccc2Br)C1. The van der Waals surface area contributed by atoms with Gasteiger partial charge in [0.05, 0.1) is 0 Å². The van der Waals surface area contributed by atoms with Crippen molar-refractivity contribution in [1.29, 1.82) is 0 Å². The molecule has 0 aromatic heterocycles. The van der Waals surface area contributed by atoms with Crippen LogP contribution >= 0.6 is 15.9 Å². The molecule has 1 saturated carbocycles. The maximum absolute atomic E-state index is 11.1. The molecule has 1 nitrogen and oxygen atoms in total. The van der Waals surface area contributed by atoms with Gasteiger partial charge in [-0.1, -0.05) is 34.1 Å². The van der Waals surface area contributed by atoms with E-state index in [0.29, 0.717) is 11.7 Å². The zero-order valence-electron chi connectivity index (χ0n) is 8.00. The molecule has 0 saturated heterocycles. The lowest BCUT2D eigenvalue weighted by Crippen LogP contribution is -2.00. The summed E-state index contributed by atoms with van der Waals surface area (Å²) >= 11 is 3.53. The van der Waals surface area contributed by atoms with Gasteiger partial charge in [-0.3, -0.25) is 4.79 Å². The molecule has 2 rings (SSSR count). The molecule has 1 unspecified atom stereocenters. The van der Waals surface area contributed by atoms with E-state index in [9.17, 15) is 4.79 Å². The van der Waals surface area contributed by atoms with Crippen LogP contribution in [-0.4, -0.2) is 5.78 Å². The Balaban J connectivity index is 2.04. The summed E-state index contributed by atoms with van der Waals surface area (Å²) in [5.41, 5.74) is 1.33. The predicted molar refractivity (Wildman–Crippen MR) is 60.2 cm³/mol. The normalized spacial score (nSPS) is 21.5. The van der Waals surface area contributed by atoms with Crippen LogP contribution in [0.25, 0.3) is 0 Å². The fourth-order valence-corrected chi connectivity index (χ4v) is 2.49. The number of Topliss-reactive ketones (excluding diaryl/α,β-unsaturated/α-hetero) is 1. The first-order chi connectivity index (χ1) is 6.75. The Morgan fingerprint density at radius 3 is 2.79 bits per heavy atom. The molecule has 0 spiro atoms. The van der Waals surface area contributed by atoms with Gasteiger partial charge in [0, 0.05) is 17.3 Å². The van der Waals surface area contributed by atoms with Crippen molar-refractivity contribution in [1.82, 2.24) is 0 Å². The average molecular weight is 253 g/mol. The van der Waals surface area contributed by atoms with Crippen molar-refractivity contribution >= 4 is 21.7 Å². The van der Waals surface area contributed by atoms with E-state index in [1.807, 2.05) is 6.07 Å². The van der Waals surface area contributed by atoms with Crippen LogP contribution in [0.2, 0.25) is 0 Å². The Morgan fingerprint density at radius 2 is 2.14 bits per heavy atom. The summed E-state index contributed by atoms with van der Waals surface area (Å²) in [6, 6.07) is 8.27. The molecule has 0 amide bonds. The highest BCUT2D eigenvalue weighted by Gasteiger charge is 2.22. The third-order valence-electron chi connectivity index (χ3n) is 2.81. The van der Waals surface area contributed by atoms with Gasteiger partial charge in [-0.15, -0.1) is 0 Å². The molecule has 14 heavy (non-hydrogen) atoms. The molecule has 0 aliphatic heterocycles. The van der Waals surface area contributed by atoms with Gasteiger partial charge in [0.25, 0.3) is 0 Å². The Kier molecular flexibility index (Phi) is 3.02. The van der Waals surface area contributed by atoms with E-state index < -0.39 is 0 Å². The van der Waals surface area contributed by atoms with Gasteiger partial charge in [-0.05, 0) is 30.4 Å². The number of benzene rings is 1. The molecule has 2 heteroatoms. The maximum atomic E-state index is 11.1. The van der Waals surface area contributed by atoms with Crippen molar-refractivity contribution in [3.8, 4) is 0 Å². The topological polar surface area (TPSA) is 17.1 Å². The molecule has 1 aliphatic rings. The minimum absolute atomic E-state index is 0.432. The molecule has 1 fully saturated rings. The molecule has 1 atom stereocenters. The summed E-state index contributed by atoms with van der Waals surface area (Å²) < 4.78 is 1.17. The van der Waals surface area contributed by atoms with Gasteiger partial charge in [0.2, 0.25) is 0 Å². The van der Waals surface area contributed by atoms with Crippen molar-refractivity contribution in [3.05, 3.63) is 34.3 Å². The molecule has 1 aliphatic carbocycles. The fraction of sp³-hybridized carbons (Fsp3) is 0.417. The zero-order chi connectivity index (χ0) is 9.97. The molecule has 1 aromatic carbocycles. The van der Waals surface area contributed by atoms with Crippen LogP contribution in [0.4, 0.5) is 0 Å². The van der Waals surface area contributed by atoms with Crippen LogP contribution in [-0.2, 0) is 11.2 Å². The Labute approximate surface area is 92.6 Å². The van der Waals surface area contributed by atoms with Gasteiger partial charge in [0.1, 0.15) is 5.78 Å². The Morgan fingerprint density at radius 1 is 1.36 bits per heavy atom. The average Bonchev–Trinajstić information content (AvgIpc) is 2.56. The highest BCUT2D eigenvalue weighted by molar-refractivity contribution is 9.10. The van der Waals surface area contributed by atoms with Crippen molar-refractivity contribution in [2.75, 3.05) is 0 Å². The first-order valence-electron chi connectivity index (χ1n) is 5.01. The van der Waals surface area contributed by atoms with Crippen molar-refractivity contribution < 1.29 is 4.79 Å². The van der Waals surface area contributed by atoms with Crippen LogP contribution in [0.3, 0.4) is 0 Å². The molecular weight excluding hydrogens is 240 g/mol. The minimum atomic E-state index is 0.432. The van der Waals surface area contributed by atoms with E-state index >= 15 is 0 Å². The Bertz CT molecular complexity index is 346. The van der Waals surface area contributed by atoms with Gasteiger partial charge in [0.15, 0.2) is 0 Å². The second-order valence-electron chi connectivity index (χ2n) is 3.94. The highest BCUT2D eigenvalue weighted by Crippen LogP contribution is 2.28. The largest absolute Gasteiger partial charge is 0.300 e. The third-order valence-corrected chi connectivity index (χ3v) is 3.59. The van der Waals surface area contributed by atoms with Crippen LogP contribution in [0.5, 0.6) is 0 Å². The molecule has 0 radical (unpaired) electrons. The molecule has 74 valence electrons. The number of carbonyl (C=O) groups is 1. The van der Waals surface area contributed by atoms with Gasteiger partial charge in [-0.2, -0.15) is 0 Å². The summed E-state index contributed by atoms with van der Waals surface area (Å²) in [5, 5.41) is 0. The minimum Gasteiger partial charge on any atom is -0.300 e. The lowest BCUT2D eigenvalue weighted by atomic mass is 9.98. The predicted octanol–water partition coefficient (Wildman–Crippen LogP) is 3.36. The van der Waals surface area contributed by atoms with E-state index in [1.165, 1.54) is 10.0 Å². The second kappa shape index (κ2) is 4.26. The van der Waals surface area contributed by atoms with Gasteiger partial charge in [-0.25, -0.2) is 0 Å². The number of carbonyl (C=O) groups excluding carboxylic acids is 1. The number of ketones is 1. The van der Waals surface area contributed by atoms with E-state index in [4.69, 9.17) is 0 Å². The maximum Gasteiger partial charge on any atom is 0.133 e. The van der Waals surface area contributed by atoms with Crippen LogP contribution in [0.1, 0.15) is 24.8 Å². The summed E-state index contributed by atoms with van der Waals surface area (Å²) in [6.07, 6.45) is 3.67. The Hall–Kier alpha value is -0.630. The van der Waals surface area contributed by atoms with Crippen LogP contribution in [0, 0.1) is 5.92 Å². The van der Waals surface area contributed by atoms with E-state index in [0.717, 1.165) is 25.7 Å². The van der Waals surface area contributed by atoms with Crippen molar-refractivity contribution in [2.24, 2.45) is 5.92 Å². The third kappa shape index (κ3) is 2.24. The molecular formula is C12H13BrO. The number of rotatable bonds is 2. The zero-order valence-corrected chi connectivity index (χ0v) is 9.59. The number of hydrogen-bond acceptors (Lipinski definition) is 1. The van der Waals surface area contributed by atoms with Crippen molar-refractivity contribution in [3.63, 3.8) is 0 Å². The van der Waals surface area contributed by atoms with Gasteiger partial charge < -0.3 is 0 Å². The lowest BCUT2D eigenvalue weighted by molar-refractivity contribution is -0.117. The van der Waals surface area contributed by atoms with E-state index in [2.05, 4.69) is 34.1 Å². The van der Waals surface area contributed by atoms with E-state index in [-0.39, 0.29) is 0 Å². The summed E-state index contributed by atoms with van der Waals surface area (Å²) in [5.74, 6) is 1.00. The quantitative estimate of drug-likeness (QED) is 0.789. The lowest BCUT2D eigenvalue weighted by Gasteiger charge is -2.09. The summed E-state index contributed by atoms with van der Waals surface area (Å²) in [6.45, 7) is 0. The molecule has 0 N–H and O–H groups in total. The molecule has 0 heterocycles. The highest BCUT2D eigenvalue weighted by atomic mass is 79.9. The summed E-state index contributed by atoms with van der Waals surface area (Å²) in [4.78, 5) is 11.1. The molecule has 1 aromatic rings.